The first-order valence-corrected chi connectivity index (χ1v) is 46.6. The van der Waals surface area contributed by atoms with E-state index in [9.17, 15) is 10.2 Å². The molecular weight excluding hydrogens is 1440 g/mol. The Bertz CT molecular complexity index is 5050. The normalized spacial score (nSPS) is 31.2. The van der Waals surface area contributed by atoms with Crippen molar-refractivity contribution in [1.29, 1.82) is 0 Å². The first-order valence-electron chi connectivity index (χ1n) is 46.6. The van der Waals surface area contributed by atoms with Crippen LogP contribution in [-0.2, 0) is 32.5 Å². The molecule has 6 nitrogen and oxygen atoms in total. The minimum atomic E-state index is -0.393. The molecule has 0 saturated heterocycles. The van der Waals surface area contributed by atoms with Crippen LogP contribution in [0.1, 0.15) is 287 Å². The second-order valence-corrected chi connectivity index (χ2v) is 46.7. The zero-order valence-electron chi connectivity index (χ0n) is 72.3. The van der Waals surface area contributed by atoms with E-state index in [0.29, 0.717) is 51.3 Å². The van der Waals surface area contributed by atoms with Crippen molar-refractivity contribution in [2.45, 2.75) is 289 Å². The maximum absolute atomic E-state index is 16.9. The van der Waals surface area contributed by atoms with Gasteiger partial charge in [0.15, 0.2) is 0 Å². The van der Waals surface area contributed by atoms with E-state index in [1.807, 2.05) is 13.8 Å². The van der Waals surface area contributed by atoms with Crippen LogP contribution in [-0.4, -0.2) is 32.6 Å². The first-order chi connectivity index (χ1) is 55.8. The van der Waals surface area contributed by atoms with Crippen LogP contribution < -0.4 is 9.47 Å². The van der Waals surface area contributed by atoms with E-state index in [4.69, 9.17) is 9.47 Å². The van der Waals surface area contributed by atoms with Crippen molar-refractivity contribution in [2.75, 3.05) is 13.2 Å². The molecule has 0 unspecified atom stereocenters. The van der Waals surface area contributed by atoms with E-state index in [1.54, 1.807) is 24.3 Å². The summed E-state index contributed by atoms with van der Waals surface area (Å²) in [5, 5.41) is 32.6. The molecule has 26 rings (SSSR count). The molecule has 8 heteroatoms. The van der Waals surface area contributed by atoms with Gasteiger partial charge in [0, 0.05) is 50.2 Å². The first kappa shape index (κ1) is 75.6. The zero-order valence-corrected chi connectivity index (χ0v) is 72.3. The van der Waals surface area contributed by atoms with Crippen LogP contribution in [0.5, 0.6) is 23.0 Å². The number of aryl methyl sites for hydroxylation is 2. The Morgan fingerprint density at radius 3 is 0.821 bits per heavy atom. The van der Waals surface area contributed by atoms with Gasteiger partial charge >= 0.3 is 0 Å². The molecule has 117 heavy (non-hydrogen) atoms. The molecule has 16 saturated carbocycles. The Labute approximate surface area is 695 Å². The van der Waals surface area contributed by atoms with E-state index >= 15 is 8.78 Å². The molecule has 0 radical (unpaired) electrons. The molecule has 0 amide bonds. The smallest absolute Gasteiger partial charge is 0.147 e. The number of hydrogen-bond donors (Lipinski definition) is 2. The highest BCUT2D eigenvalue weighted by Gasteiger charge is 2.56. The number of nitrogens with zero attached hydrogens (tertiary/aromatic N) is 2. The summed E-state index contributed by atoms with van der Waals surface area (Å²) in [4.78, 5) is 0. The molecule has 8 aromatic carbocycles. The molecular formula is C109H128F2N2O4. The minimum Gasteiger partial charge on any atom is -0.505 e. The van der Waals surface area contributed by atoms with Crippen molar-refractivity contribution in [2.24, 2.45) is 81.8 Å². The van der Waals surface area contributed by atoms with Crippen molar-refractivity contribution in [3.8, 4) is 56.6 Å². The molecule has 0 atom stereocenters. The van der Waals surface area contributed by atoms with Gasteiger partial charge in [0.2, 0.25) is 0 Å². The third-order valence-electron chi connectivity index (χ3n) is 34.1. The average molecular weight is 1570 g/mol. The lowest BCUT2D eigenvalue weighted by molar-refractivity contribution is -0.00526. The van der Waals surface area contributed by atoms with Crippen molar-refractivity contribution in [1.82, 2.24) is 9.13 Å². The molecule has 16 fully saturated rings. The number of ether oxygens (including phenoxy) is 2. The van der Waals surface area contributed by atoms with Crippen molar-refractivity contribution >= 4 is 43.6 Å². The summed E-state index contributed by atoms with van der Waals surface area (Å²) in [6.45, 7) is 27.5. The number of hydrogen-bond acceptors (Lipinski definition) is 4. The van der Waals surface area contributed by atoms with Crippen LogP contribution in [0, 0.1) is 107 Å². The van der Waals surface area contributed by atoms with Gasteiger partial charge in [-0.2, -0.15) is 0 Å². The Balaban J connectivity index is 0.639. The topological polar surface area (TPSA) is 68.8 Å². The van der Waals surface area contributed by atoms with E-state index in [-0.39, 0.29) is 68.0 Å². The van der Waals surface area contributed by atoms with Gasteiger partial charge in [-0.1, -0.05) is 118 Å². The summed E-state index contributed by atoms with van der Waals surface area (Å²) in [5.41, 5.74) is 17.2. The van der Waals surface area contributed by atoms with Crippen molar-refractivity contribution in [3.63, 3.8) is 0 Å². The molecule has 0 spiro atoms. The van der Waals surface area contributed by atoms with Crippen LogP contribution in [0.2, 0.25) is 0 Å². The number of phenols is 2. The molecule has 10 aromatic rings. The third kappa shape index (κ3) is 12.6. The predicted molar refractivity (Wildman–Crippen MR) is 474 cm³/mol. The van der Waals surface area contributed by atoms with E-state index in [2.05, 4.69) is 175 Å². The van der Waals surface area contributed by atoms with Crippen LogP contribution >= 0.6 is 0 Å². The minimum absolute atomic E-state index is 0.0351. The maximum Gasteiger partial charge on any atom is 0.147 e. The SMILES string of the molecule is Cc1cc(F)cc(-c2cc(C(C)(C)CC(C)(C)C)cc(-n3c4cc(C56CC7CC(CC(C7)C5)C6)ccc4c4ccc(C56CC7CC(CC(C7)C5)C6)cc43)c2O)c1OCCCOc1c(C)cc(F)cc1-c1cc(C(C)(C)CC(C)(C)C)cc(-n2c3cc(C45CC6CC(CC(C6)C4)C5)ccc3c3ccc(C45CC6CC(CC(C6)C4)C5)cc32)c1O. The van der Waals surface area contributed by atoms with Gasteiger partial charge < -0.3 is 28.8 Å². The van der Waals surface area contributed by atoms with Crippen LogP contribution in [0.4, 0.5) is 8.78 Å². The highest BCUT2D eigenvalue weighted by molar-refractivity contribution is 6.11. The van der Waals surface area contributed by atoms with Gasteiger partial charge in [0.1, 0.15) is 34.6 Å². The van der Waals surface area contributed by atoms with Crippen molar-refractivity contribution < 1.29 is 28.5 Å². The lowest BCUT2D eigenvalue weighted by atomic mass is 9.48. The summed E-state index contributed by atoms with van der Waals surface area (Å²) in [6.07, 6.45) is 33.9. The van der Waals surface area contributed by atoms with Crippen LogP contribution in [0.15, 0.2) is 121 Å². The van der Waals surface area contributed by atoms with Gasteiger partial charge in [0.25, 0.3) is 0 Å². The predicted octanol–water partition coefficient (Wildman–Crippen LogP) is 28.7. The summed E-state index contributed by atoms with van der Waals surface area (Å²) < 4.78 is 52.8. The number of benzene rings is 8. The van der Waals surface area contributed by atoms with E-state index in [0.717, 1.165) is 128 Å². The van der Waals surface area contributed by atoms with Gasteiger partial charge in [-0.3, -0.25) is 0 Å². The largest absolute Gasteiger partial charge is 0.505 e. The fourth-order valence-corrected chi connectivity index (χ4v) is 32.0. The van der Waals surface area contributed by atoms with Crippen LogP contribution in [0.25, 0.3) is 77.2 Å². The quantitative estimate of drug-likeness (QED) is 0.0840. The number of halogens is 2. The molecule has 16 aliphatic carbocycles. The standard InChI is InChI=1S/C109H128F2N2O4/c1-62-24-82(110)46-90(88-38-80(104(9,10)60-102(3,4)5)44-96(98(88)114)112-92-40-76(106-48-64-26-65(49-106)28-66(27-64)50-106)14-18-84(92)85-19-15-77(41-93(85)112)107-51-67-29-68(52-107)31-69(30-67)53-107)100(62)116-22-13-23-117-101-63(2)25-83(111)47-91(101)89-39-81(105(11,12)61-103(6,7)8)45-97(99(89)115)113-94-42-78(108-54-70-32-71(55-108)34-72(33-70)56-108)16-20-86(94)87-21-17-79(43-95(87)113)109-57-73-35-74(58-109)37-75(36-73)59-109/h14-21,24-25,38-47,64-75,114-115H,13,22-23,26-37,48-61H2,1-12H3. The van der Waals surface area contributed by atoms with E-state index in [1.165, 1.54) is 198 Å². The average Bonchev–Trinajstić information content (AvgIpc) is 1.61. The fourth-order valence-electron chi connectivity index (χ4n) is 32.0. The Morgan fingerprint density at radius 2 is 0.581 bits per heavy atom. The molecule has 16 aliphatic rings. The summed E-state index contributed by atoms with van der Waals surface area (Å²) >= 11 is 0. The van der Waals surface area contributed by atoms with E-state index < -0.39 is 11.6 Å². The summed E-state index contributed by atoms with van der Waals surface area (Å²) in [6, 6.07) is 45.1. The number of aromatic nitrogens is 2. The summed E-state index contributed by atoms with van der Waals surface area (Å²) in [7, 11) is 0. The molecule has 2 N–H and O–H groups in total. The van der Waals surface area contributed by atoms with Gasteiger partial charge in [-0.05, 0) is 412 Å². The maximum atomic E-state index is 16.9. The molecule has 16 bridgehead atoms. The molecule has 2 aromatic heterocycles. The monoisotopic (exact) mass is 1570 g/mol. The Hall–Kier alpha value is -7.58. The Morgan fingerprint density at radius 1 is 0.333 bits per heavy atom. The lowest BCUT2D eigenvalue weighted by Gasteiger charge is -2.57. The number of rotatable bonds is 18. The molecule has 612 valence electrons. The third-order valence-corrected chi connectivity index (χ3v) is 34.1. The van der Waals surface area contributed by atoms with Gasteiger partial charge in [-0.15, -0.1) is 0 Å². The van der Waals surface area contributed by atoms with Crippen molar-refractivity contribution in [3.05, 3.63) is 177 Å². The zero-order chi connectivity index (χ0) is 80.3. The van der Waals surface area contributed by atoms with Crippen LogP contribution in [0.3, 0.4) is 0 Å². The highest BCUT2D eigenvalue weighted by Crippen LogP contribution is 2.67. The highest BCUT2D eigenvalue weighted by atomic mass is 19.1. The summed E-state index contributed by atoms with van der Waals surface area (Å²) in [5.74, 6) is 10.00. The second kappa shape index (κ2) is 26.5. The lowest BCUT2D eigenvalue weighted by Crippen LogP contribution is -2.48. The Kier molecular flexibility index (Phi) is 17.1. The van der Waals surface area contributed by atoms with Gasteiger partial charge in [-0.25, -0.2) is 8.78 Å². The molecule has 2 heterocycles. The number of fused-ring (bicyclic) bond motifs is 6. The number of phenolic OH excluding ortho intramolecular Hbond substituents is 2. The van der Waals surface area contributed by atoms with Gasteiger partial charge in [0.05, 0.1) is 46.7 Å². The molecule has 0 aliphatic heterocycles. The number of aromatic hydroxyl groups is 2. The fraction of sp³-hybridized carbons (Fsp3) is 0.560. The second-order valence-electron chi connectivity index (χ2n) is 46.7.